The Balaban J connectivity index is 1.25. The third-order valence-corrected chi connectivity index (χ3v) is 7.34. The van der Waals surface area contributed by atoms with Gasteiger partial charge in [0.05, 0.1) is 4.90 Å². The Morgan fingerprint density at radius 3 is 2.26 bits per heavy atom. The van der Waals surface area contributed by atoms with E-state index in [0.29, 0.717) is 18.0 Å². The topological polar surface area (TPSA) is 58.6 Å². The summed E-state index contributed by atoms with van der Waals surface area (Å²) in [4.78, 5) is 2.62. The molecular formula is C24H25BrN2O3S. The molecule has 7 heteroatoms. The molecular weight excluding hydrogens is 476 g/mol. The van der Waals surface area contributed by atoms with E-state index in [9.17, 15) is 8.42 Å². The van der Waals surface area contributed by atoms with Crippen LogP contribution in [0.25, 0.3) is 0 Å². The summed E-state index contributed by atoms with van der Waals surface area (Å²) in [5.74, 6) is 1.28. The van der Waals surface area contributed by atoms with Gasteiger partial charge in [0.2, 0.25) is 10.0 Å². The third kappa shape index (κ3) is 5.95. The molecule has 0 saturated carbocycles. The van der Waals surface area contributed by atoms with Crippen LogP contribution in [0, 0.1) is 0 Å². The Morgan fingerprint density at radius 2 is 1.55 bits per heavy atom. The summed E-state index contributed by atoms with van der Waals surface area (Å²) in [6.45, 7) is 3.24. The number of fused-ring (bicyclic) bond motifs is 1. The molecule has 1 aliphatic heterocycles. The lowest BCUT2D eigenvalue weighted by atomic mass is 10.00. The van der Waals surface area contributed by atoms with Crippen molar-refractivity contribution in [2.45, 2.75) is 24.3 Å². The van der Waals surface area contributed by atoms with Crippen LogP contribution in [0.3, 0.4) is 0 Å². The van der Waals surface area contributed by atoms with Crippen LogP contribution in [0.5, 0.6) is 11.5 Å². The zero-order valence-electron chi connectivity index (χ0n) is 17.1. The Morgan fingerprint density at radius 1 is 0.903 bits per heavy atom. The first-order valence-electron chi connectivity index (χ1n) is 10.3. The van der Waals surface area contributed by atoms with Gasteiger partial charge in [-0.3, -0.25) is 4.90 Å². The highest BCUT2D eigenvalue weighted by atomic mass is 79.9. The van der Waals surface area contributed by atoms with Crippen LogP contribution < -0.4 is 9.46 Å². The molecule has 4 rings (SSSR count). The van der Waals surface area contributed by atoms with E-state index < -0.39 is 10.0 Å². The first-order valence-corrected chi connectivity index (χ1v) is 12.6. The summed E-state index contributed by atoms with van der Waals surface area (Å²) in [5.41, 5.74) is 2.80. The quantitative estimate of drug-likeness (QED) is 0.443. The molecule has 0 saturated heterocycles. The van der Waals surface area contributed by atoms with Crippen molar-refractivity contribution in [2.24, 2.45) is 0 Å². The van der Waals surface area contributed by atoms with Crippen molar-refractivity contribution in [3.63, 3.8) is 0 Å². The Bertz CT molecular complexity index is 1120. The third-order valence-electron chi connectivity index (χ3n) is 5.34. The summed E-state index contributed by atoms with van der Waals surface area (Å²) in [7, 11) is -3.54. The number of hydrogen-bond donors (Lipinski definition) is 1. The van der Waals surface area contributed by atoms with Gasteiger partial charge < -0.3 is 4.74 Å². The lowest BCUT2D eigenvalue weighted by Gasteiger charge is -2.28. The molecule has 0 aromatic heterocycles. The molecule has 0 atom stereocenters. The average molecular weight is 501 g/mol. The van der Waals surface area contributed by atoms with E-state index in [4.69, 9.17) is 4.74 Å². The molecule has 162 valence electrons. The van der Waals surface area contributed by atoms with Crippen molar-refractivity contribution in [3.8, 4) is 11.5 Å². The minimum absolute atomic E-state index is 0.238. The number of nitrogens with one attached hydrogen (secondary N) is 1. The summed E-state index contributed by atoms with van der Waals surface area (Å²) in [6.07, 6.45) is 1.82. The van der Waals surface area contributed by atoms with Gasteiger partial charge in [-0.1, -0.05) is 40.2 Å². The van der Waals surface area contributed by atoms with Crippen molar-refractivity contribution in [2.75, 3.05) is 19.6 Å². The molecule has 0 aliphatic carbocycles. The molecule has 3 aromatic carbocycles. The number of benzene rings is 3. The lowest BCUT2D eigenvalue weighted by Crippen LogP contribution is -2.33. The summed E-state index contributed by atoms with van der Waals surface area (Å²) in [5, 5.41) is 0. The van der Waals surface area contributed by atoms with Gasteiger partial charge in [-0.05, 0) is 79.0 Å². The van der Waals surface area contributed by atoms with Crippen molar-refractivity contribution < 1.29 is 13.2 Å². The maximum Gasteiger partial charge on any atom is 0.240 e. The van der Waals surface area contributed by atoms with Gasteiger partial charge in [0, 0.05) is 24.1 Å². The number of halogens is 1. The Hall–Kier alpha value is -2.19. The number of rotatable bonds is 8. The molecule has 0 amide bonds. The van der Waals surface area contributed by atoms with Crippen molar-refractivity contribution in [3.05, 3.63) is 88.4 Å². The van der Waals surface area contributed by atoms with Crippen molar-refractivity contribution >= 4 is 26.0 Å². The van der Waals surface area contributed by atoms with E-state index in [0.717, 1.165) is 36.9 Å². The summed E-state index contributed by atoms with van der Waals surface area (Å²) < 4.78 is 34.6. The van der Waals surface area contributed by atoms with E-state index in [1.807, 2.05) is 24.3 Å². The van der Waals surface area contributed by atoms with Gasteiger partial charge in [-0.15, -0.1) is 0 Å². The Labute approximate surface area is 192 Å². The molecule has 31 heavy (non-hydrogen) atoms. The van der Waals surface area contributed by atoms with Crippen LogP contribution >= 0.6 is 15.9 Å². The van der Waals surface area contributed by atoms with Gasteiger partial charge in [-0.2, -0.15) is 0 Å². The first kappa shape index (κ1) is 22.0. The van der Waals surface area contributed by atoms with E-state index in [1.165, 1.54) is 11.1 Å². The minimum atomic E-state index is -3.54. The van der Waals surface area contributed by atoms with Crippen molar-refractivity contribution in [1.29, 1.82) is 0 Å². The fraction of sp³-hybridized carbons (Fsp3) is 0.250. The predicted octanol–water partition coefficient (Wildman–Crippen LogP) is 4.97. The van der Waals surface area contributed by atoms with Crippen LogP contribution in [0.2, 0.25) is 0 Å². The molecule has 0 unspecified atom stereocenters. The van der Waals surface area contributed by atoms with Gasteiger partial charge in [0.25, 0.3) is 0 Å². The van der Waals surface area contributed by atoms with Crippen LogP contribution in [-0.2, 0) is 23.0 Å². The van der Waals surface area contributed by atoms with Crippen LogP contribution in [0.1, 0.15) is 17.5 Å². The molecule has 1 heterocycles. The highest BCUT2D eigenvalue weighted by Gasteiger charge is 2.16. The predicted molar refractivity (Wildman–Crippen MR) is 126 cm³/mol. The second-order valence-corrected chi connectivity index (χ2v) is 10.3. The normalized spacial score (nSPS) is 14.2. The molecule has 1 N–H and O–H groups in total. The molecule has 0 spiro atoms. The maximum absolute atomic E-state index is 12.6. The molecule has 0 bridgehead atoms. The first-order chi connectivity index (χ1) is 15.0. The molecule has 0 fully saturated rings. The summed E-state index contributed by atoms with van der Waals surface area (Å²) >= 11 is 3.39. The Kier molecular flexibility index (Phi) is 7.07. The fourth-order valence-electron chi connectivity index (χ4n) is 3.66. The van der Waals surface area contributed by atoms with E-state index >= 15 is 0 Å². The SMILES string of the molecule is O=S(=O)(NCCCN1CCc2ccccc2C1)c1ccc(Oc2ccc(Br)cc2)cc1. The largest absolute Gasteiger partial charge is 0.457 e. The summed E-state index contributed by atoms with van der Waals surface area (Å²) in [6, 6.07) is 22.5. The zero-order valence-corrected chi connectivity index (χ0v) is 19.5. The minimum Gasteiger partial charge on any atom is -0.457 e. The molecule has 5 nitrogen and oxygen atoms in total. The number of sulfonamides is 1. The maximum atomic E-state index is 12.6. The van der Waals surface area contributed by atoms with Crippen LogP contribution in [-0.4, -0.2) is 33.0 Å². The monoisotopic (exact) mass is 500 g/mol. The average Bonchev–Trinajstić information content (AvgIpc) is 2.78. The van der Waals surface area contributed by atoms with E-state index in [1.54, 1.807) is 24.3 Å². The highest BCUT2D eigenvalue weighted by Crippen LogP contribution is 2.24. The fourth-order valence-corrected chi connectivity index (χ4v) is 5.00. The highest BCUT2D eigenvalue weighted by molar-refractivity contribution is 9.10. The molecule has 3 aromatic rings. The van der Waals surface area contributed by atoms with Crippen molar-refractivity contribution in [1.82, 2.24) is 9.62 Å². The van der Waals surface area contributed by atoms with Crippen LogP contribution in [0.4, 0.5) is 0 Å². The van der Waals surface area contributed by atoms with Gasteiger partial charge in [0.1, 0.15) is 11.5 Å². The number of ether oxygens (including phenoxy) is 1. The number of hydrogen-bond acceptors (Lipinski definition) is 4. The zero-order chi connectivity index (χ0) is 21.7. The lowest BCUT2D eigenvalue weighted by molar-refractivity contribution is 0.251. The smallest absolute Gasteiger partial charge is 0.240 e. The second kappa shape index (κ2) is 9.96. The van der Waals surface area contributed by atoms with Gasteiger partial charge in [-0.25, -0.2) is 13.1 Å². The molecule has 1 aliphatic rings. The van der Waals surface area contributed by atoms with E-state index in [2.05, 4.69) is 49.8 Å². The van der Waals surface area contributed by atoms with Gasteiger partial charge >= 0.3 is 0 Å². The van der Waals surface area contributed by atoms with Gasteiger partial charge in [0.15, 0.2) is 0 Å². The van der Waals surface area contributed by atoms with Crippen LogP contribution in [0.15, 0.2) is 82.2 Å². The van der Waals surface area contributed by atoms with E-state index in [-0.39, 0.29) is 4.90 Å². The molecule has 0 radical (unpaired) electrons. The second-order valence-electron chi connectivity index (χ2n) is 7.57. The standard InChI is InChI=1S/C24H25BrN2O3S/c25-21-6-8-22(9-7-21)30-23-10-12-24(13-11-23)31(28,29)26-15-3-16-27-17-14-19-4-1-2-5-20(19)18-27/h1-2,4-13,26H,3,14-18H2. The number of nitrogens with zero attached hydrogens (tertiary/aromatic N) is 1.